The van der Waals surface area contributed by atoms with E-state index in [9.17, 15) is 4.79 Å². The SMILES string of the molecule is COc1ccccc1OCC(=O)N(c1nc2ccccc2s1)c1ccccc1C. The molecule has 0 aliphatic heterocycles. The summed E-state index contributed by atoms with van der Waals surface area (Å²) in [5.41, 5.74) is 2.64. The van der Waals surface area contributed by atoms with Gasteiger partial charge in [-0.25, -0.2) is 4.98 Å². The van der Waals surface area contributed by atoms with E-state index in [-0.39, 0.29) is 12.5 Å². The highest BCUT2D eigenvalue weighted by atomic mass is 32.1. The lowest BCUT2D eigenvalue weighted by atomic mass is 10.2. The fourth-order valence-corrected chi connectivity index (χ4v) is 4.05. The normalized spacial score (nSPS) is 10.7. The average molecular weight is 404 g/mol. The van der Waals surface area contributed by atoms with Crippen molar-refractivity contribution in [3.05, 3.63) is 78.4 Å². The van der Waals surface area contributed by atoms with Gasteiger partial charge in [0.05, 0.1) is 23.0 Å². The lowest BCUT2D eigenvalue weighted by Gasteiger charge is -2.22. The predicted octanol–water partition coefficient (Wildman–Crippen LogP) is 5.36. The zero-order chi connectivity index (χ0) is 20.2. The van der Waals surface area contributed by atoms with Gasteiger partial charge in [-0.2, -0.15) is 0 Å². The van der Waals surface area contributed by atoms with Crippen LogP contribution in [0.3, 0.4) is 0 Å². The van der Waals surface area contributed by atoms with Crippen LogP contribution in [0.1, 0.15) is 5.56 Å². The number of benzene rings is 3. The van der Waals surface area contributed by atoms with Crippen molar-refractivity contribution in [3.8, 4) is 11.5 Å². The largest absolute Gasteiger partial charge is 0.493 e. The minimum absolute atomic E-state index is 0.134. The number of hydrogen-bond donors (Lipinski definition) is 0. The summed E-state index contributed by atoms with van der Waals surface area (Å²) >= 11 is 1.48. The fraction of sp³-hybridized carbons (Fsp3) is 0.130. The van der Waals surface area contributed by atoms with E-state index in [1.54, 1.807) is 24.1 Å². The maximum absolute atomic E-state index is 13.3. The standard InChI is InChI=1S/C23H20N2O3S/c1-16-9-3-5-11-18(16)25(23-24-17-10-4-8-14-21(17)29-23)22(26)15-28-20-13-7-6-12-19(20)27-2/h3-14H,15H2,1-2H3. The molecule has 1 amide bonds. The molecule has 1 aromatic heterocycles. The number of carbonyl (C=O) groups excluding carboxylic acids is 1. The molecule has 0 unspecified atom stereocenters. The molecule has 0 bridgehead atoms. The first-order valence-corrected chi connectivity index (χ1v) is 9.99. The van der Waals surface area contributed by atoms with Crippen LogP contribution in [0.15, 0.2) is 72.8 Å². The summed E-state index contributed by atoms with van der Waals surface area (Å²) in [5, 5.41) is 0.620. The molecule has 0 aliphatic carbocycles. The third-order valence-corrected chi connectivity index (χ3v) is 5.52. The summed E-state index contributed by atoms with van der Waals surface area (Å²) in [7, 11) is 1.57. The zero-order valence-corrected chi connectivity index (χ0v) is 17.0. The van der Waals surface area contributed by atoms with Crippen molar-refractivity contribution >= 4 is 38.3 Å². The number of thiazole rings is 1. The van der Waals surface area contributed by atoms with Crippen molar-refractivity contribution in [2.75, 3.05) is 18.6 Å². The maximum atomic E-state index is 13.3. The number of nitrogens with zero attached hydrogens (tertiary/aromatic N) is 2. The minimum atomic E-state index is -0.204. The predicted molar refractivity (Wildman–Crippen MR) is 116 cm³/mol. The lowest BCUT2D eigenvalue weighted by Crippen LogP contribution is -2.31. The van der Waals surface area contributed by atoms with Gasteiger partial charge in [0.25, 0.3) is 5.91 Å². The van der Waals surface area contributed by atoms with Crippen LogP contribution < -0.4 is 14.4 Å². The van der Waals surface area contributed by atoms with Crippen LogP contribution >= 0.6 is 11.3 Å². The molecule has 0 saturated heterocycles. The Balaban J connectivity index is 1.68. The molecule has 0 spiro atoms. The van der Waals surface area contributed by atoms with Crippen LogP contribution in [0.25, 0.3) is 10.2 Å². The molecule has 4 aromatic rings. The molecule has 146 valence electrons. The number of aromatic nitrogens is 1. The molecule has 4 rings (SSSR count). The number of ether oxygens (including phenoxy) is 2. The second kappa shape index (κ2) is 8.32. The Kier molecular flexibility index (Phi) is 5.44. The Morgan fingerprint density at radius 2 is 1.66 bits per heavy atom. The summed E-state index contributed by atoms with van der Waals surface area (Å²) in [5.74, 6) is 0.907. The van der Waals surface area contributed by atoms with Gasteiger partial charge in [-0.1, -0.05) is 53.8 Å². The quantitative estimate of drug-likeness (QED) is 0.434. The van der Waals surface area contributed by atoms with Crippen molar-refractivity contribution in [2.45, 2.75) is 6.92 Å². The van der Waals surface area contributed by atoms with Gasteiger partial charge in [0, 0.05) is 0 Å². The number of fused-ring (bicyclic) bond motifs is 1. The zero-order valence-electron chi connectivity index (χ0n) is 16.2. The van der Waals surface area contributed by atoms with Crippen molar-refractivity contribution in [1.82, 2.24) is 4.98 Å². The first-order valence-electron chi connectivity index (χ1n) is 9.17. The number of para-hydroxylation sites is 4. The molecule has 5 nitrogen and oxygen atoms in total. The molecule has 6 heteroatoms. The van der Waals surface area contributed by atoms with Crippen LogP contribution in [-0.4, -0.2) is 24.6 Å². The summed E-state index contributed by atoms with van der Waals surface area (Å²) < 4.78 is 12.1. The van der Waals surface area contributed by atoms with Crippen molar-refractivity contribution in [2.24, 2.45) is 0 Å². The Morgan fingerprint density at radius 1 is 0.966 bits per heavy atom. The van der Waals surface area contributed by atoms with Gasteiger partial charge in [-0.3, -0.25) is 9.69 Å². The Morgan fingerprint density at radius 3 is 2.41 bits per heavy atom. The van der Waals surface area contributed by atoms with Crippen molar-refractivity contribution < 1.29 is 14.3 Å². The molecule has 0 aliphatic rings. The van der Waals surface area contributed by atoms with Crippen LogP contribution in [0, 0.1) is 6.92 Å². The summed E-state index contributed by atoms with van der Waals surface area (Å²) in [6.45, 7) is 1.84. The van der Waals surface area contributed by atoms with Gasteiger partial charge in [-0.05, 0) is 42.8 Å². The lowest BCUT2D eigenvalue weighted by molar-refractivity contribution is -0.119. The molecule has 0 fully saturated rings. The molecule has 0 radical (unpaired) electrons. The summed E-state index contributed by atoms with van der Waals surface area (Å²) in [6.07, 6.45) is 0. The fourth-order valence-electron chi connectivity index (χ4n) is 3.06. The smallest absolute Gasteiger partial charge is 0.271 e. The third-order valence-electron chi connectivity index (χ3n) is 4.50. The van der Waals surface area contributed by atoms with Gasteiger partial charge >= 0.3 is 0 Å². The Hall–Kier alpha value is -3.38. The van der Waals surface area contributed by atoms with Crippen LogP contribution in [0.4, 0.5) is 10.8 Å². The molecular formula is C23H20N2O3S. The highest BCUT2D eigenvalue weighted by Crippen LogP contribution is 2.35. The van der Waals surface area contributed by atoms with Crippen LogP contribution in [0.2, 0.25) is 0 Å². The molecule has 29 heavy (non-hydrogen) atoms. The third kappa shape index (κ3) is 3.93. The Labute approximate surface area is 173 Å². The number of aryl methyl sites for hydroxylation is 1. The van der Waals surface area contributed by atoms with Gasteiger partial charge < -0.3 is 9.47 Å². The van der Waals surface area contributed by atoms with Crippen molar-refractivity contribution in [1.29, 1.82) is 0 Å². The van der Waals surface area contributed by atoms with E-state index in [4.69, 9.17) is 9.47 Å². The van der Waals surface area contributed by atoms with E-state index in [2.05, 4.69) is 4.98 Å². The monoisotopic (exact) mass is 404 g/mol. The Bertz CT molecular complexity index is 1120. The van der Waals surface area contributed by atoms with E-state index in [0.29, 0.717) is 16.6 Å². The second-order valence-corrected chi connectivity index (χ2v) is 7.43. The molecule has 0 atom stereocenters. The van der Waals surface area contributed by atoms with E-state index < -0.39 is 0 Å². The molecule has 0 saturated carbocycles. The number of methoxy groups -OCH3 is 1. The van der Waals surface area contributed by atoms with Crippen LogP contribution in [0.5, 0.6) is 11.5 Å². The molecule has 3 aromatic carbocycles. The minimum Gasteiger partial charge on any atom is -0.493 e. The number of amides is 1. The highest BCUT2D eigenvalue weighted by Gasteiger charge is 2.24. The summed E-state index contributed by atoms with van der Waals surface area (Å²) in [6, 6.07) is 22.9. The van der Waals surface area contributed by atoms with Gasteiger partial charge in [0.1, 0.15) is 0 Å². The first kappa shape index (κ1) is 19.0. The van der Waals surface area contributed by atoms with E-state index in [1.807, 2.05) is 67.6 Å². The van der Waals surface area contributed by atoms with E-state index >= 15 is 0 Å². The number of anilines is 2. The van der Waals surface area contributed by atoms with Gasteiger partial charge in [0.15, 0.2) is 23.2 Å². The van der Waals surface area contributed by atoms with E-state index in [0.717, 1.165) is 21.5 Å². The topological polar surface area (TPSA) is 51.7 Å². The first-order chi connectivity index (χ1) is 14.2. The van der Waals surface area contributed by atoms with E-state index in [1.165, 1.54) is 11.3 Å². The van der Waals surface area contributed by atoms with Crippen molar-refractivity contribution in [3.63, 3.8) is 0 Å². The highest BCUT2D eigenvalue weighted by molar-refractivity contribution is 7.22. The summed E-state index contributed by atoms with van der Waals surface area (Å²) in [4.78, 5) is 19.6. The molecule has 1 heterocycles. The second-order valence-electron chi connectivity index (χ2n) is 6.42. The van der Waals surface area contributed by atoms with Gasteiger partial charge in [0.2, 0.25) is 0 Å². The average Bonchev–Trinajstić information content (AvgIpc) is 3.17. The molecule has 0 N–H and O–H groups in total. The maximum Gasteiger partial charge on any atom is 0.271 e. The van der Waals surface area contributed by atoms with Gasteiger partial charge in [-0.15, -0.1) is 0 Å². The van der Waals surface area contributed by atoms with Crippen LogP contribution in [-0.2, 0) is 4.79 Å². The number of carbonyl (C=O) groups is 1. The number of rotatable bonds is 6. The number of hydrogen-bond acceptors (Lipinski definition) is 5. The molecular weight excluding hydrogens is 384 g/mol.